The average Bonchev–Trinajstić information content (AvgIpc) is 2.24. The summed E-state index contributed by atoms with van der Waals surface area (Å²) < 4.78 is 9.86. The maximum atomic E-state index is 11.4. The molecule has 18 heavy (non-hydrogen) atoms. The lowest BCUT2D eigenvalue weighted by Crippen LogP contribution is -2.23. The molecule has 0 radical (unpaired) electrons. The van der Waals surface area contributed by atoms with E-state index >= 15 is 0 Å². The van der Waals surface area contributed by atoms with E-state index in [-0.39, 0.29) is 17.9 Å². The van der Waals surface area contributed by atoms with Crippen molar-refractivity contribution in [3.63, 3.8) is 0 Å². The van der Waals surface area contributed by atoms with Crippen molar-refractivity contribution in [2.24, 2.45) is 5.92 Å². The Labute approximate surface area is 110 Å². The maximum absolute atomic E-state index is 11.4. The molecule has 0 amide bonds. The molecule has 1 atom stereocenters. The smallest absolute Gasteiger partial charge is 0.308 e. The van der Waals surface area contributed by atoms with Gasteiger partial charge >= 0.3 is 11.9 Å². The Bertz CT molecular complexity index is 265. The van der Waals surface area contributed by atoms with Crippen molar-refractivity contribution < 1.29 is 19.1 Å². The van der Waals surface area contributed by atoms with Gasteiger partial charge in [0.25, 0.3) is 0 Å². The first kappa shape index (κ1) is 16.9. The minimum absolute atomic E-state index is 0.0588. The van der Waals surface area contributed by atoms with Gasteiger partial charge in [-0.3, -0.25) is 9.59 Å². The number of ether oxygens (including phenoxy) is 2. The molecule has 1 unspecified atom stereocenters. The fraction of sp³-hybridized carbons (Fsp3) is 0.857. The highest BCUT2D eigenvalue weighted by molar-refractivity contribution is 5.71. The van der Waals surface area contributed by atoms with Crippen LogP contribution in [0, 0.1) is 5.92 Å². The van der Waals surface area contributed by atoms with Gasteiger partial charge in [-0.2, -0.15) is 0 Å². The summed E-state index contributed by atoms with van der Waals surface area (Å²) in [7, 11) is 1.40. The Morgan fingerprint density at radius 3 is 2.22 bits per heavy atom. The number of rotatable bonds is 7. The molecule has 0 saturated heterocycles. The molecule has 0 aromatic heterocycles. The van der Waals surface area contributed by atoms with E-state index in [1.54, 1.807) is 0 Å². The highest BCUT2D eigenvalue weighted by Gasteiger charge is 2.16. The number of carbonyl (C=O) groups is 2. The predicted molar refractivity (Wildman–Crippen MR) is 70.1 cm³/mol. The van der Waals surface area contributed by atoms with Gasteiger partial charge in [0.1, 0.15) is 5.60 Å². The Kier molecular flexibility index (Phi) is 7.64. The Morgan fingerprint density at radius 1 is 1.11 bits per heavy atom. The van der Waals surface area contributed by atoms with Crippen LogP contribution < -0.4 is 0 Å². The topological polar surface area (TPSA) is 52.6 Å². The molecule has 0 aliphatic rings. The van der Waals surface area contributed by atoms with Gasteiger partial charge in [0.2, 0.25) is 0 Å². The molecule has 0 aliphatic heterocycles. The van der Waals surface area contributed by atoms with Crippen LogP contribution in [0.15, 0.2) is 0 Å². The molecule has 0 spiro atoms. The normalized spacial score (nSPS) is 12.9. The second kappa shape index (κ2) is 8.11. The number of unbranched alkanes of at least 4 members (excludes halogenated alkanes) is 2. The van der Waals surface area contributed by atoms with Gasteiger partial charge in [-0.25, -0.2) is 0 Å². The summed E-state index contributed by atoms with van der Waals surface area (Å²) in [5, 5.41) is 0. The summed E-state index contributed by atoms with van der Waals surface area (Å²) in [6.45, 7) is 7.45. The lowest BCUT2D eigenvalue weighted by Gasteiger charge is -2.19. The summed E-state index contributed by atoms with van der Waals surface area (Å²) in [5.41, 5.74) is -0.406. The molecule has 106 valence electrons. The number of hydrogen-bond donors (Lipinski definition) is 0. The molecule has 0 aliphatic carbocycles. The third-order valence-corrected chi connectivity index (χ3v) is 2.54. The molecule has 0 fully saturated rings. The van der Waals surface area contributed by atoms with Crippen molar-refractivity contribution in [2.75, 3.05) is 7.11 Å². The van der Waals surface area contributed by atoms with Gasteiger partial charge in [0.15, 0.2) is 0 Å². The van der Waals surface area contributed by atoms with Crippen LogP contribution in [-0.2, 0) is 19.1 Å². The first-order valence-electron chi connectivity index (χ1n) is 6.56. The van der Waals surface area contributed by atoms with Gasteiger partial charge in [0.05, 0.1) is 13.0 Å². The zero-order valence-corrected chi connectivity index (χ0v) is 12.2. The maximum Gasteiger partial charge on any atom is 0.308 e. The molecule has 0 saturated carbocycles. The van der Waals surface area contributed by atoms with Crippen LogP contribution in [0.1, 0.15) is 59.8 Å². The van der Waals surface area contributed by atoms with E-state index in [1.165, 1.54) is 7.11 Å². The van der Waals surface area contributed by atoms with Gasteiger partial charge < -0.3 is 9.47 Å². The number of carbonyl (C=O) groups excluding carboxylic acids is 2. The van der Waals surface area contributed by atoms with E-state index in [2.05, 4.69) is 4.74 Å². The van der Waals surface area contributed by atoms with Gasteiger partial charge in [-0.05, 0) is 33.6 Å². The van der Waals surface area contributed by atoms with E-state index < -0.39 is 5.60 Å². The molecule has 0 rings (SSSR count). The van der Waals surface area contributed by atoms with Crippen LogP contribution in [0.2, 0.25) is 0 Å². The number of esters is 2. The summed E-state index contributed by atoms with van der Waals surface area (Å²) in [6.07, 6.45) is 3.92. The molecule has 0 aromatic rings. The van der Waals surface area contributed by atoms with Crippen LogP contribution in [0.5, 0.6) is 0 Å². The van der Waals surface area contributed by atoms with E-state index in [1.807, 2.05) is 27.7 Å². The number of hydrogen-bond acceptors (Lipinski definition) is 4. The van der Waals surface area contributed by atoms with Crippen molar-refractivity contribution in [3.8, 4) is 0 Å². The number of methoxy groups -OCH3 is 1. The Hall–Kier alpha value is -1.06. The van der Waals surface area contributed by atoms with Crippen molar-refractivity contribution in [3.05, 3.63) is 0 Å². The summed E-state index contributed by atoms with van der Waals surface area (Å²) in [4.78, 5) is 22.6. The van der Waals surface area contributed by atoms with Crippen LogP contribution in [0.4, 0.5) is 0 Å². The van der Waals surface area contributed by atoms with Crippen molar-refractivity contribution in [1.82, 2.24) is 0 Å². The zero-order chi connectivity index (χ0) is 14.2. The standard InChI is InChI=1S/C14H26O4/c1-11(13(16)17-5)9-7-6-8-10-12(15)18-14(2,3)4/h11H,6-10H2,1-5H3. The quantitative estimate of drug-likeness (QED) is 0.520. The first-order chi connectivity index (χ1) is 8.26. The van der Waals surface area contributed by atoms with Crippen molar-refractivity contribution in [1.29, 1.82) is 0 Å². The fourth-order valence-electron chi connectivity index (χ4n) is 1.61. The third-order valence-electron chi connectivity index (χ3n) is 2.54. The average molecular weight is 258 g/mol. The molecule has 0 bridgehead atoms. The van der Waals surface area contributed by atoms with Crippen molar-refractivity contribution in [2.45, 2.75) is 65.4 Å². The highest BCUT2D eigenvalue weighted by Crippen LogP contribution is 2.14. The molecule has 0 N–H and O–H groups in total. The second-order valence-corrected chi connectivity index (χ2v) is 5.61. The van der Waals surface area contributed by atoms with Crippen LogP contribution in [0.25, 0.3) is 0 Å². The molecule has 0 heterocycles. The Balaban J connectivity index is 3.57. The van der Waals surface area contributed by atoms with Gasteiger partial charge in [-0.1, -0.05) is 19.8 Å². The largest absolute Gasteiger partial charge is 0.469 e. The summed E-state index contributed by atoms with van der Waals surface area (Å²) >= 11 is 0. The highest BCUT2D eigenvalue weighted by atomic mass is 16.6. The van der Waals surface area contributed by atoms with E-state index in [0.717, 1.165) is 25.7 Å². The van der Waals surface area contributed by atoms with Crippen LogP contribution >= 0.6 is 0 Å². The first-order valence-corrected chi connectivity index (χ1v) is 6.56. The lowest BCUT2D eigenvalue weighted by molar-refractivity contribution is -0.155. The Morgan fingerprint density at radius 2 is 1.72 bits per heavy atom. The van der Waals surface area contributed by atoms with E-state index in [9.17, 15) is 9.59 Å². The molecular weight excluding hydrogens is 232 g/mol. The van der Waals surface area contributed by atoms with Crippen molar-refractivity contribution >= 4 is 11.9 Å². The molecule has 4 heteroatoms. The second-order valence-electron chi connectivity index (χ2n) is 5.61. The van der Waals surface area contributed by atoms with E-state index in [4.69, 9.17) is 4.74 Å². The molecule has 4 nitrogen and oxygen atoms in total. The molecular formula is C14H26O4. The minimum Gasteiger partial charge on any atom is -0.469 e. The van der Waals surface area contributed by atoms with E-state index in [0.29, 0.717) is 6.42 Å². The zero-order valence-electron chi connectivity index (χ0n) is 12.2. The third kappa shape index (κ3) is 9.02. The predicted octanol–water partition coefficient (Wildman–Crippen LogP) is 3.09. The summed E-state index contributed by atoms with van der Waals surface area (Å²) in [6, 6.07) is 0. The van der Waals surface area contributed by atoms with Gasteiger partial charge in [0, 0.05) is 6.42 Å². The SMILES string of the molecule is COC(=O)C(C)CCCCCC(=O)OC(C)(C)C. The summed E-state index contributed by atoms with van der Waals surface area (Å²) in [5.74, 6) is -0.373. The fourth-order valence-corrected chi connectivity index (χ4v) is 1.61. The van der Waals surface area contributed by atoms with Crippen LogP contribution in [-0.4, -0.2) is 24.6 Å². The van der Waals surface area contributed by atoms with Gasteiger partial charge in [-0.15, -0.1) is 0 Å². The molecule has 0 aromatic carbocycles. The lowest BCUT2D eigenvalue weighted by atomic mass is 10.0. The minimum atomic E-state index is -0.406. The monoisotopic (exact) mass is 258 g/mol. The van der Waals surface area contributed by atoms with Crippen LogP contribution in [0.3, 0.4) is 0 Å².